The molecule has 5 heteroatoms. The van der Waals surface area contributed by atoms with E-state index in [-0.39, 0.29) is 16.8 Å². The van der Waals surface area contributed by atoms with E-state index < -0.39 is 10.0 Å². The van der Waals surface area contributed by atoms with E-state index in [9.17, 15) is 8.42 Å². The van der Waals surface area contributed by atoms with Crippen molar-refractivity contribution in [2.45, 2.75) is 54.8 Å². The second kappa shape index (κ2) is 7.23. The third-order valence-corrected chi connectivity index (χ3v) is 8.78. The first-order chi connectivity index (χ1) is 12.9. The van der Waals surface area contributed by atoms with E-state index in [4.69, 9.17) is 11.6 Å². The van der Waals surface area contributed by atoms with Crippen LogP contribution in [0, 0.1) is 12.8 Å². The molecule has 3 nitrogen and oxygen atoms in total. The smallest absolute Gasteiger partial charge is 0.207 e. The molecule has 1 heterocycles. The van der Waals surface area contributed by atoms with Crippen LogP contribution in [-0.4, -0.2) is 24.1 Å². The molecule has 3 atom stereocenters. The highest BCUT2D eigenvalue weighted by atomic mass is 35.5. The Hall–Kier alpha value is -1.36. The number of benzene rings is 2. The molecular formula is C22H26ClNO2S. The molecule has 3 unspecified atom stereocenters. The average molecular weight is 404 g/mol. The summed E-state index contributed by atoms with van der Waals surface area (Å²) in [5, 5.41) is 0. The molecule has 1 aliphatic heterocycles. The fraction of sp³-hybridized carbons (Fsp3) is 0.455. The third-order valence-electron chi connectivity index (χ3n) is 6.23. The number of rotatable bonds is 3. The maximum absolute atomic E-state index is 13.5. The molecule has 27 heavy (non-hydrogen) atoms. The van der Waals surface area contributed by atoms with Crippen LogP contribution in [0.4, 0.5) is 0 Å². The summed E-state index contributed by atoms with van der Waals surface area (Å²) in [6.45, 7) is 2.43. The lowest BCUT2D eigenvalue weighted by Gasteiger charge is -2.51. The fourth-order valence-corrected chi connectivity index (χ4v) is 6.88. The van der Waals surface area contributed by atoms with Crippen LogP contribution in [-0.2, 0) is 10.0 Å². The van der Waals surface area contributed by atoms with Gasteiger partial charge in [-0.3, -0.25) is 0 Å². The van der Waals surface area contributed by atoms with Crippen molar-refractivity contribution in [3.8, 4) is 0 Å². The largest absolute Gasteiger partial charge is 0.243 e. The van der Waals surface area contributed by atoms with Gasteiger partial charge < -0.3 is 0 Å². The molecule has 144 valence electrons. The van der Waals surface area contributed by atoms with Crippen LogP contribution in [0.2, 0.25) is 0 Å². The Morgan fingerprint density at radius 2 is 1.70 bits per heavy atom. The van der Waals surface area contributed by atoms with Gasteiger partial charge in [-0.2, -0.15) is 4.31 Å². The van der Waals surface area contributed by atoms with Crippen molar-refractivity contribution in [2.75, 3.05) is 6.54 Å². The minimum atomic E-state index is -3.58. The van der Waals surface area contributed by atoms with Gasteiger partial charge >= 0.3 is 0 Å². The highest BCUT2D eigenvalue weighted by Crippen LogP contribution is 2.53. The highest BCUT2D eigenvalue weighted by Gasteiger charge is 2.51. The summed E-state index contributed by atoms with van der Waals surface area (Å²) in [5.41, 5.74) is 2.10. The molecule has 2 aromatic carbocycles. The van der Waals surface area contributed by atoms with Gasteiger partial charge in [0, 0.05) is 6.54 Å². The Morgan fingerprint density at radius 3 is 2.41 bits per heavy atom. The van der Waals surface area contributed by atoms with Crippen molar-refractivity contribution < 1.29 is 8.42 Å². The molecule has 1 saturated carbocycles. The number of nitrogens with zero attached hydrogens (tertiary/aromatic N) is 1. The zero-order valence-electron chi connectivity index (χ0n) is 15.6. The van der Waals surface area contributed by atoms with E-state index in [1.54, 1.807) is 16.4 Å². The molecule has 2 fully saturated rings. The number of alkyl halides is 1. The first-order valence-electron chi connectivity index (χ1n) is 9.74. The highest BCUT2D eigenvalue weighted by molar-refractivity contribution is 7.89. The SMILES string of the molecule is Cc1ccc(S(=O)(=O)N2CCC3(Cl)CCCCC3C2c2ccccc2)cc1. The summed E-state index contributed by atoms with van der Waals surface area (Å²) in [6, 6.07) is 17.0. The molecule has 0 spiro atoms. The van der Waals surface area contributed by atoms with Crippen molar-refractivity contribution >= 4 is 21.6 Å². The fourth-order valence-electron chi connectivity index (χ4n) is 4.78. The van der Waals surface area contributed by atoms with Crippen LogP contribution in [0.3, 0.4) is 0 Å². The zero-order valence-corrected chi connectivity index (χ0v) is 17.2. The number of piperidine rings is 1. The van der Waals surface area contributed by atoms with Gasteiger partial charge in [0.15, 0.2) is 0 Å². The van der Waals surface area contributed by atoms with Gasteiger partial charge in [-0.15, -0.1) is 11.6 Å². The minimum absolute atomic E-state index is 0.143. The normalized spacial score (nSPS) is 29.3. The molecule has 0 amide bonds. The molecule has 2 aromatic rings. The molecule has 1 saturated heterocycles. The molecular weight excluding hydrogens is 378 g/mol. The van der Waals surface area contributed by atoms with Gasteiger partial charge in [0.2, 0.25) is 10.0 Å². The van der Waals surface area contributed by atoms with Crippen molar-refractivity contribution in [2.24, 2.45) is 5.92 Å². The van der Waals surface area contributed by atoms with Gasteiger partial charge in [0.05, 0.1) is 15.8 Å². The van der Waals surface area contributed by atoms with E-state index in [0.29, 0.717) is 17.9 Å². The Morgan fingerprint density at radius 1 is 1.00 bits per heavy atom. The maximum atomic E-state index is 13.5. The van der Waals surface area contributed by atoms with E-state index in [1.807, 2.05) is 49.4 Å². The summed E-state index contributed by atoms with van der Waals surface area (Å²) >= 11 is 7.08. The Balaban J connectivity index is 1.80. The Bertz CT molecular complexity index is 898. The van der Waals surface area contributed by atoms with Gasteiger partial charge in [0.25, 0.3) is 0 Å². The lowest BCUT2D eigenvalue weighted by molar-refractivity contribution is 0.0933. The van der Waals surface area contributed by atoms with Crippen molar-refractivity contribution in [3.05, 3.63) is 65.7 Å². The summed E-state index contributed by atoms with van der Waals surface area (Å²) in [5.74, 6) is 0.143. The van der Waals surface area contributed by atoms with E-state index >= 15 is 0 Å². The number of fused-ring (bicyclic) bond motifs is 1. The van der Waals surface area contributed by atoms with Crippen LogP contribution in [0.5, 0.6) is 0 Å². The number of hydrogen-bond acceptors (Lipinski definition) is 2. The summed E-state index contributed by atoms with van der Waals surface area (Å²) in [4.78, 5) is 0.0739. The lowest BCUT2D eigenvalue weighted by Crippen LogP contribution is -2.53. The van der Waals surface area contributed by atoms with Crippen LogP contribution in [0.15, 0.2) is 59.5 Å². The molecule has 1 aliphatic carbocycles. The Kier molecular flexibility index (Phi) is 5.08. The summed E-state index contributed by atoms with van der Waals surface area (Å²) in [6.07, 6.45) is 4.91. The topological polar surface area (TPSA) is 37.4 Å². The number of sulfonamides is 1. The van der Waals surface area contributed by atoms with Crippen LogP contribution in [0.25, 0.3) is 0 Å². The molecule has 0 bridgehead atoms. The molecule has 0 aromatic heterocycles. The average Bonchev–Trinajstić information content (AvgIpc) is 2.67. The number of aryl methyl sites for hydroxylation is 1. The van der Waals surface area contributed by atoms with Crippen LogP contribution in [0.1, 0.15) is 49.3 Å². The van der Waals surface area contributed by atoms with Crippen LogP contribution < -0.4 is 0 Å². The van der Waals surface area contributed by atoms with Gasteiger partial charge in [-0.25, -0.2) is 8.42 Å². The van der Waals surface area contributed by atoms with E-state index in [1.165, 1.54) is 0 Å². The predicted molar refractivity (Wildman–Crippen MR) is 109 cm³/mol. The summed E-state index contributed by atoms with van der Waals surface area (Å²) < 4.78 is 28.8. The number of hydrogen-bond donors (Lipinski definition) is 0. The molecule has 0 radical (unpaired) electrons. The number of halogens is 1. The first-order valence-corrected chi connectivity index (χ1v) is 11.6. The molecule has 4 rings (SSSR count). The van der Waals surface area contributed by atoms with Crippen molar-refractivity contribution in [1.82, 2.24) is 4.31 Å². The van der Waals surface area contributed by atoms with Gasteiger partial charge in [0.1, 0.15) is 0 Å². The standard InChI is InChI=1S/C22H26ClNO2S/c1-17-10-12-19(13-11-17)27(25,26)24-16-15-22(23)14-6-5-9-20(22)21(24)18-7-3-2-4-8-18/h2-4,7-8,10-13,20-21H,5-6,9,14-16H2,1H3. The third kappa shape index (κ3) is 3.43. The Labute approximate surface area is 167 Å². The van der Waals surface area contributed by atoms with Gasteiger partial charge in [-0.05, 0) is 49.8 Å². The molecule has 2 aliphatic rings. The van der Waals surface area contributed by atoms with Crippen molar-refractivity contribution in [1.29, 1.82) is 0 Å². The van der Waals surface area contributed by atoms with Crippen molar-refractivity contribution in [3.63, 3.8) is 0 Å². The first kappa shape index (κ1) is 19.0. The second-order valence-electron chi connectivity index (χ2n) is 7.92. The van der Waals surface area contributed by atoms with Crippen LogP contribution >= 0.6 is 11.6 Å². The quantitative estimate of drug-likeness (QED) is 0.652. The monoisotopic (exact) mass is 403 g/mol. The van der Waals surface area contributed by atoms with E-state index in [2.05, 4.69) is 0 Å². The second-order valence-corrected chi connectivity index (χ2v) is 10.6. The predicted octanol–water partition coefficient (Wildman–Crippen LogP) is 5.30. The molecule has 0 N–H and O–H groups in total. The minimum Gasteiger partial charge on any atom is -0.207 e. The lowest BCUT2D eigenvalue weighted by atomic mass is 9.69. The van der Waals surface area contributed by atoms with Gasteiger partial charge in [-0.1, -0.05) is 60.9 Å². The summed E-state index contributed by atoms with van der Waals surface area (Å²) in [7, 11) is -3.58. The maximum Gasteiger partial charge on any atom is 0.243 e. The zero-order chi connectivity index (χ0) is 19.1. The van der Waals surface area contributed by atoms with E-state index in [0.717, 1.165) is 36.8 Å².